The van der Waals surface area contributed by atoms with E-state index < -0.39 is 0 Å². The predicted molar refractivity (Wildman–Crippen MR) is 90.8 cm³/mol. The molecule has 0 atom stereocenters. The second-order valence-electron chi connectivity index (χ2n) is 6.86. The maximum absolute atomic E-state index is 12.3. The van der Waals surface area contributed by atoms with Gasteiger partial charge in [-0.3, -0.25) is 9.89 Å². The van der Waals surface area contributed by atoms with Crippen molar-refractivity contribution in [3.05, 3.63) is 33.0 Å². The van der Waals surface area contributed by atoms with Crippen LogP contribution in [0.4, 0.5) is 0 Å². The molecule has 3 N–H and O–H groups in total. The Morgan fingerprint density at radius 3 is 3.00 bits per heavy atom. The molecule has 0 aliphatic carbocycles. The van der Waals surface area contributed by atoms with E-state index in [2.05, 4.69) is 52.0 Å². The van der Waals surface area contributed by atoms with Gasteiger partial charge in [-0.2, -0.15) is 5.10 Å². The zero-order chi connectivity index (χ0) is 16.4. The molecule has 23 heavy (non-hydrogen) atoms. The third-order valence-electron chi connectivity index (χ3n) is 3.88. The van der Waals surface area contributed by atoms with E-state index in [0.29, 0.717) is 18.8 Å². The molecule has 0 saturated heterocycles. The third-order valence-corrected chi connectivity index (χ3v) is 5.20. The van der Waals surface area contributed by atoms with Crippen molar-refractivity contribution in [2.75, 3.05) is 13.1 Å². The van der Waals surface area contributed by atoms with Crippen LogP contribution in [0, 0.1) is 0 Å². The molecule has 3 rings (SSSR count). The van der Waals surface area contributed by atoms with E-state index in [-0.39, 0.29) is 11.3 Å². The van der Waals surface area contributed by atoms with Crippen LogP contribution in [0.1, 0.15) is 53.2 Å². The molecule has 1 amide bonds. The first-order valence-corrected chi connectivity index (χ1v) is 8.83. The number of nitrogens with zero attached hydrogens (tertiary/aromatic N) is 2. The first-order chi connectivity index (χ1) is 10.9. The van der Waals surface area contributed by atoms with Gasteiger partial charge in [-0.15, -0.1) is 11.3 Å². The van der Waals surface area contributed by atoms with E-state index in [1.807, 2.05) is 0 Å². The maximum Gasteiger partial charge on any atom is 0.272 e. The first kappa shape index (κ1) is 16.1. The number of H-pyrrole nitrogens is 1. The lowest BCUT2D eigenvalue weighted by molar-refractivity contribution is 0.0948. The highest BCUT2D eigenvalue weighted by atomic mass is 32.1. The van der Waals surface area contributed by atoms with Crippen molar-refractivity contribution in [2.45, 2.75) is 45.6 Å². The molecule has 0 saturated carbocycles. The molecule has 0 radical (unpaired) electrons. The Labute approximate surface area is 140 Å². The van der Waals surface area contributed by atoms with Gasteiger partial charge in [0, 0.05) is 54.5 Å². The summed E-state index contributed by atoms with van der Waals surface area (Å²) in [6.07, 6.45) is 1.63. The molecule has 6 nitrogen and oxygen atoms in total. The molecule has 2 aromatic rings. The number of nitrogens with one attached hydrogen (secondary N) is 3. The highest BCUT2D eigenvalue weighted by molar-refractivity contribution is 7.09. The van der Waals surface area contributed by atoms with E-state index in [0.717, 1.165) is 41.3 Å². The highest BCUT2D eigenvalue weighted by Gasteiger charge is 2.21. The lowest BCUT2D eigenvalue weighted by Gasteiger charge is -2.13. The second-order valence-corrected chi connectivity index (χ2v) is 7.71. The number of aromatic nitrogens is 3. The summed E-state index contributed by atoms with van der Waals surface area (Å²) in [6.45, 7) is 8.68. The van der Waals surface area contributed by atoms with Gasteiger partial charge in [0.1, 0.15) is 0 Å². The maximum atomic E-state index is 12.3. The van der Waals surface area contributed by atoms with Crippen molar-refractivity contribution in [3.63, 3.8) is 0 Å². The fourth-order valence-electron chi connectivity index (χ4n) is 2.57. The van der Waals surface area contributed by atoms with Gasteiger partial charge in [-0.25, -0.2) is 4.98 Å². The molecule has 124 valence electrons. The van der Waals surface area contributed by atoms with Crippen molar-refractivity contribution in [3.8, 4) is 0 Å². The van der Waals surface area contributed by atoms with Gasteiger partial charge < -0.3 is 10.6 Å². The minimum atomic E-state index is -0.113. The van der Waals surface area contributed by atoms with Crippen LogP contribution >= 0.6 is 11.3 Å². The number of rotatable bonds is 4. The summed E-state index contributed by atoms with van der Waals surface area (Å²) in [4.78, 5) is 16.9. The van der Waals surface area contributed by atoms with E-state index in [1.165, 1.54) is 0 Å². The van der Waals surface area contributed by atoms with Crippen LogP contribution < -0.4 is 10.6 Å². The monoisotopic (exact) mass is 333 g/mol. The van der Waals surface area contributed by atoms with Crippen molar-refractivity contribution in [1.29, 1.82) is 0 Å². The Morgan fingerprint density at radius 1 is 1.43 bits per heavy atom. The van der Waals surface area contributed by atoms with Crippen molar-refractivity contribution in [2.24, 2.45) is 0 Å². The fourth-order valence-corrected chi connectivity index (χ4v) is 3.51. The van der Waals surface area contributed by atoms with Crippen molar-refractivity contribution in [1.82, 2.24) is 25.8 Å². The molecule has 0 fully saturated rings. The Morgan fingerprint density at radius 2 is 2.26 bits per heavy atom. The van der Waals surface area contributed by atoms with Crippen LogP contribution in [-0.4, -0.2) is 34.2 Å². The summed E-state index contributed by atoms with van der Waals surface area (Å²) in [5.74, 6) is -0.113. The van der Waals surface area contributed by atoms with E-state index in [4.69, 9.17) is 0 Å². The number of carbonyl (C=O) groups excluding carboxylic acids is 1. The van der Waals surface area contributed by atoms with Crippen LogP contribution in [0.2, 0.25) is 0 Å². The Bertz CT molecular complexity index is 698. The third kappa shape index (κ3) is 3.61. The lowest BCUT2D eigenvalue weighted by Crippen LogP contribution is -2.29. The molecule has 7 heteroatoms. The van der Waals surface area contributed by atoms with Crippen LogP contribution in [-0.2, 0) is 24.8 Å². The second kappa shape index (κ2) is 6.41. The van der Waals surface area contributed by atoms with Gasteiger partial charge in [-0.1, -0.05) is 20.8 Å². The van der Waals surface area contributed by atoms with Crippen molar-refractivity contribution < 1.29 is 4.79 Å². The Balaban J connectivity index is 1.55. The topological polar surface area (TPSA) is 82.7 Å². The molecular weight excluding hydrogens is 310 g/mol. The molecule has 1 aliphatic heterocycles. The van der Waals surface area contributed by atoms with Crippen molar-refractivity contribution >= 4 is 17.2 Å². The molecule has 0 bridgehead atoms. The molecule has 0 aromatic carbocycles. The number of hydrogen-bond acceptors (Lipinski definition) is 5. The Kier molecular flexibility index (Phi) is 4.50. The van der Waals surface area contributed by atoms with Crippen LogP contribution in [0.5, 0.6) is 0 Å². The molecule has 3 heterocycles. The van der Waals surface area contributed by atoms with Crippen LogP contribution in [0.3, 0.4) is 0 Å². The smallest absolute Gasteiger partial charge is 0.272 e. The van der Waals surface area contributed by atoms with Gasteiger partial charge in [0.25, 0.3) is 5.91 Å². The normalized spacial score (nSPS) is 14.6. The zero-order valence-electron chi connectivity index (χ0n) is 13.8. The van der Waals surface area contributed by atoms with Gasteiger partial charge in [0.2, 0.25) is 0 Å². The minimum Gasteiger partial charge on any atom is -0.350 e. The average Bonchev–Trinajstić information content (AvgIpc) is 3.13. The molecular formula is C16H23N5OS. The summed E-state index contributed by atoms with van der Waals surface area (Å²) < 4.78 is 0. The average molecular weight is 333 g/mol. The highest BCUT2D eigenvalue weighted by Crippen LogP contribution is 2.25. The predicted octanol–water partition coefficient (Wildman–Crippen LogP) is 1.78. The number of amides is 1. The molecule has 0 unspecified atom stereocenters. The standard InChI is InChI=1S/C16H23N5OS/c1-16(2,3)15-19-10(9-23-15)4-7-18-14(22)13-11-8-17-6-5-12(11)20-21-13/h9,17H,4-8H2,1-3H3,(H,18,22)(H,20,21). The van der Waals surface area contributed by atoms with E-state index in [1.54, 1.807) is 11.3 Å². The number of fused-ring (bicyclic) bond motifs is 1. The zero-order valence-corrected chi connectivity index (χ0v) is 14.6. The van der Waals surface area contributed by atoms with Crippen LogP contribution in [0.15, 0.2) is 5.38 Å². The summed E-state index contributed by atoms with van der Waals surface area (Å²) >= 11 is 1.68. The SMILES string of the molecule is CC(C)(C)c1nc(CCNC(=O)c2n[nH]c3c2CNCC3)cs1. The van der Waals surface area contributed by atoms with Gasteiger partial charge in [-0.05, 0) is 0 Å². The quantitative estimate of drug-likeness (QED) is 0.796. The number of carbonyl (C=O) groups is 1. The van der Waals surface area contributed by atoms with E-state index in [9.17, 15) is 4.79 Å². The summed E-state index contributed by atoms with van der Waals surface area (Å²) in [5, 5.41) is 16.6. The fraction of sp³-hybridized carbons (Fsp3) is 0.562. The first-order valence-electron chi connectivity index (χ1n) is 7.95. The largest absolute Gasteiger partial charge is 0.350 e. The van der Waals surface area contributed by atoms with Gasteiger partial charge >= 0.3 is 0 Å². The van der Waals surface area contributed by atoms with Gasteiger partial charge in [0.05, 0.1) is 10.7 Å². The van der Waals surface area contributed by atoms with Crippen LogP contribution in [0.25, 0.3) is 0 Å². The van der Waals surface area contributed by atoms with Gasteiger partial charge in [0.15, 0.2) is 5.69 Å². The summed E-state index contributed by atoms with van der Waals surface area (Å²) in [5.41, 5.74) is 3.69. The molecule has 0 spiro atoms. The number of thiazole rings is 1. The summed E-state index contributed by atoms with van der Waals surface area (Å²) in [7, 11) is 0. The lowest BCUT2D eigenvalue weighted by atomic mass is 9.98. The molecule has 1 aliphatic rings. The number of aromatic amines is 1. The number of hydrogen-bond donors (Lipinski definition) is 3. The summed E-state index contributed by atoms with van der Waals surface area (Å²) in [6, 6.07) is 0. The Hall–Kier alpha value is -1.73. The van der Waals surface area contributed by atoms with E-state index >= 15 is 0 Å². The molecule has 2 aromatic heterocycles. The minimum absolute atomic E-state index is 0.0767.